The number of nitrogens with one attached hydrogen (secondary N) is 1. The Labute approximate surface area is 161 Å². The molecule has 0 atom stereocenters. The number of pyridine rings is 1. The number of benzene rings is 2. The van der Waals surface area contributed by atoms with Crippen LogP contribution in [0.1, 0.15) is 40.1 Å². The number of aromatic nitrogens is 1. The van der Waals surface area contributed by atoms with E-state index in [-0.39, 0.29) is 16.8 Å². The summed E-state index contributed by atoms with van der Waals surface area (Å²) in [6.45, 7) is 5.77. The predicted molar refractivity (Wildman–Crippen MR) is 108 cm³/mol. The number of amides is 1. The van der Waals surface area contributed by atoms with E-state index >= 15 is 0 Å². The fourth-order valence-electron chi connectivity index (χ4n) is 3.15. The van der Waals surface area contributed by atoms with Crippen LogP contribution in [0.15, 0.2) is 47.4 Å². The van der Waals surface area contributed by atoms with E-state index in [2.05, 4.69) is 5.32 Å². The summed E-state index contributed by atoms with van der Waals surface area (Å²) in [6.07, 6.45) is 1.54. The number of para-hydroxylation sites is 1. The number of Topliss-reactive ketones (excluding diaryl/α,β-unsaturated/α-hetero) is 1. The lowest BCUT2D eigenvalue weighted by Crippen LogP contribution is -2.24. The maximum Gasteiger partial charge on any atom is 0.261 e. The second kappa shape index (κ2) is 7.37. The molecule has 0 aliphatic rings. The van der Waals surface area contributed by atoms with Gasteiger partial charge < -0.3 is 9.88 Å². The first-order chi connectivity index (χ1) is 12.8. The Morgan fingerprint density at radius 1 is 1.11 bits per heavy atom. The number of halogens is 1. The zero-order valence-corrected chi connectivity index (χ0v) is 16.1. The van der Waals surface area contributed by atoms with Gasteiger partial charge in [-0.05, 0) is 50.6 Å². The molecule has 1 N–H and O–H groups in total. The van der Waals surface area contributed by atoms with Crippen LogP contribution in [0.3, 0.4) is 0 Å². The Kier molecular flexibility index (Phi) is 5.15. The lowest BCUT2D eigenvalue weighted by atomic mass is 10.1. The molecule has 0 aliphatic carbocycles. The summed E-state index contributed by atoms with van der Waals surface area (Å²) in [7, 11) is 0. The van der Waals surface area contributed by atoms with Crippen molar-refractivity contribution in [2.45, 2.75) is 27.3 Å². The highest BCUT2D eigenvalue weighted by Crippen LogP contribution is 2.24. The van der Waals surface area contributed by atoms with Crippen molar-refractivity contribution in [2.24, 2.45) is 0 Å². The fourth-order valence-corrected chi connectivity index (χ4v) is 3.31. The summed E-state index contributed by atoms with van der Waals surface area (Å²) >= 11 is 6.20. The van der Waals surface area contributed by atoms with Crippen LogP contribution in [0.4, 0.5) is 5.69 Å². The van der Waals surface area contributed by atoms with Crippen molar-refractivity contribution in [1.82, 2.24) is 4.57 Å². The highest BCUT2D eigenvalue weighted by molar-refractivity contribution is 6.32. The molecule has 1 heterocycles. The van der Waals surface area contributed by atoms with Gasteiger partial charge in [0.2, 0.25) is 5.43 Å². The first kappa shape index (κ1) is 18.9. The summed E-state index contributed by atoms with van der Waals surface area (Å²) < 4.78 is 1.84. The zero-order chi connectivity index (χ0) is 19.7. The third kappa shape index (κ3) is 3.38. The molecule has 0 aliphatic heterocycles. The molecule has 27 heavy (non-hydrogen) atoms. The minimum Gasteiger partial charge on any atom is -0.346 e. The molecule has 0 fully saturated rings. The summed E-state index contributed by atoms with van der Waals surface area (Å²) in [4.78, 5) is 37.5. The largest absolute Gasteiger partial charge is 0.346 e. The highest BCUT2D eigenvalue weighted by Gasteiger charge is 2.18. The Morgan fingerprint density at radius 3 is 2.48 bits per heavy atom. The van der Waals surface area contributed by atoms with Crippen molar-refractivity contribution in [3.63, 3.8) is 0 Å². The number of fused-ring (bicyclic) bond motifs is 1. The number of hydrogen-bond donors (Lipinski definition) is 1. The standard InChI is InChI=1S/C21H19ClN2O3/c1-4-24-11-16(20(26)15-9-10-17(22)12(2)19(15)24)21(27)23-18-8-6-5-7-14(18)13(3)25/h5-11H,4H2,1-3H3,(H,23,27). The van der Waals surface area contributed by atoms with Gasteiger partial charge in [0.25, 0.3) is 5.91 Å². The van der Waals surface area contributed by atoms with E-state index in [1.165, 1.54) is 6.92 Å². The number of nitrogens with zero attached hydrogens (tertiary/aromatic N) is 1. The summed E-state index contributed by atoms with van der Waals surface area (Å²) in [5, 5.41) is 3.69. The lowest BCUT2D eigenvalue weighted by molar-refractivity contribution is 0.101. The third-order valence-corrected chi connectivity index (χ3v) is 4.98. The monoisotopic (exact) mass is 382 g/mol. The summed E-state index contributed by atoms with van der Waals surface area (Å²) in [6, 6.07) is 10.0. The van der Waals surface area contributed by atoms with Gasteiger partial charge in [0, 0.05) is 28.7 Å². The van der Waals surface area contributed by atoms with Gasteiger partial charge in [0.1, 0.15) is 5.56 Å². The molecule has 5 nitrogen and oxygen atoms in total. The maximum absolute atomic E-state index is 12.9. The Morgan fingerprint density at radius 2 is 1.81 bits per heavy atom. The maximum atomic E-state index is 12.9. The Balaban J connectivity index is 2.14. The molecular weight excluding hydrogens is 364 g/mol. The van der Waals surface area contributed by atoms with Crippen molar-refractivity contribution in [1.29, 1.82) is 0 Å². The fraction of sp³-hybridized carbons (Fsp3) is 0.190. The average Bonchev–Trinajstić information content (AvgIpc) is 2.65. The van der Waals surface area contributed by atoms with Gasteiger partial charge in [-0.3, -0.25) is 14.4 Å². The number of anilines is 1. The van der Waals surface area contributed by atoms with Crippen molar-refractivity contribution in [2.75, 3.05) is 5.32 Å². The van der Waals surface area contributed by atoms with Crippen molar-refractivity contribution in [3.05, 3.63) is 74.5 Å². The van der Waals surface area contributed by atoms with Gasteiger partial charge in [-0.15, -0.1) is 0 Å². The number of carbonyl (C=O) groups excluding carboxylic acids is 2. The molecule has 3 rings (SSSR count). The van der Waals surface area contributed by atoms with Crippen molar-refractivity contribution >= 4 is 39.9 Å². The zero-order valence-electron chi connectivity index (χ0n) is 15.3. The van der Waals surface area contributed by atoms with Gasteiger partial charge in [-0.2, -0.15) is 0 Å². The van der Waals surface area contributed by atoms with E-state index in [1.54, 1.807) is 42.6 Å². The lowest BCUT2D eigenvalue weighted by Gasteiger charge is -2.15. The molecule has 1 aromatic heterocycles. The SMILES string of the molecule is CCn1cc(C(=O)Nc2ccccc2C(C)=O)c(=O)c2ccc(Cl)c(C)c21. The van der Waals surface area contributed by atoms with Gasteiger partial charge in [-0.1, -0.05) is 23.7 Å². The topological polar surface area (TPSA) is 68.2 Å². The molecule has 2 aromatic carbocycles. The quantitative estimate of drug-likeness (QED) is 0.678. The predicted octanol–water partition coefficient (Wildman–Crippen LogP) is 4.44. The molecule has 0 unspecified atom stereocenters. The van der Waals surface area contributed by atoms with Gasteiger partial charge in [0.15, 0.2) is 5.78 Å². The number of hydrogen-bond acceptors (Lipinski definition) is 3. The van der Waals surface area contributed by atoms with E-state index in [0.717, 1.165) is 11.1 Å². The van der Waals surface area contributed by atoms with Crippen LogP contribution in [0, 0.1) is 6.92 Å². The van der Waals surface area contributed by atoms with E-state index < -0.39 is 5.91 Å². The highest BCUT2D eigenvalue weighted by atomic mass is 35.5. The van der Waals surface area contributed by atoms with Gasteiger partial charge in [-0.25, -0.2) is 0 Å². The number of ketones is 1. The molecule has 0 radical (unpaired) electrons. The van der Waals surface area contributed by atoms with Crippen LogP contribution in [0.2, 0.25) is 5.02 Å². The normalized spacial score (nSPS) is 10.8. The molecular formula is C21H19ClN2O3. The summed E-state index contributed by atoms with van der Waals surface area (Å²) in [5.74, 6) is -0.717. The third-order valence-electron chi connectivity index (χ3n) is 4.57. The summed E-state index contributed by atoms with van der Waals surface area (Å²) in [5.41, 5.74) is 1.93. The minimum atomic E-state index is -0.551. The van der Waals surface area contributed by atoms with E-state index in [0.29, 0.717) is 28.2 Å². The van der Waals surface area contributed by atoms with E-state index in [9.17, 15) is 14.4 Å². The smallest absolute Gasteiger partial charge is 0.261 e. The first-order valence-corrected chi connectivity index (χ1v) is 8.96. The van der Waals surface area contributed by atoms with Gasteiger partial charge >= 0.3 is 0 Å². The van der Waals surface area contributed by atoms with E-state index in [4.69, 9.17) is 11.6 Å². The second-order valence-electron chi connectivity index (χ2n) is 6.28. The van der Waals surface area contributed by atoms with Crippen molar-refractivity contribution < 1.29 is 9.59 Å². The van der Waals surface area contributed by atoms with Crippen LogP contribution in [0.25, 0.3) is 10.9 Å². The molecule has 0 saturated heterocycles. The van der Waals surface area contributed by atoms with Crippen molar-refractivity contribution in [3.8, 4) is 0 Å². The minimum absolute atomic E-state index is 0.0180. The van der Waals surface area contributed by atoms with Crippen LogP contribution in [-0.4, -0.2) is 16.3 Å². The van der Waals surface area contributed by atoms with E-state index in [1.807, 2.05) is 18.4 Å². The Hall–Kier alpha value is -2.92. The number of aryl methyl sites for hydroxylation is 2. The number of rotatable bonds is 4. The average molecular weight is 383 g/mol. The molecule has 3 aromatic rings. The molecule has 0 spiro atoms. The number of carbonyl (C=O) groups is 2. The molecule has 6 heteroatoms. The van der Waals surface area contributed by atoms with Crippen LogP contribution < -0.4 is 10.7 Å². The van der Waals surface area contributed by atoms with Gasteiger partial charge in [0.05, 0.1) is 11.2 Å². The second-order valence-corrected chi connectivity index (χ2v) is 6.69. The molecule has 0 bridgehead atoms. The molecule has 0 saturated carbocycles. The Bertz CT molecular complexity index is 1130. The molecule has 138 valence electrons. The van der Waals surface area contributed by atoms with Crippen LogP contribution in [0.5, 0.6) is 0 Å². The van der Waals surface area contributed by atoms with Crippen LogP contribution >= 0.6 is 11.6 Å². The van der Waals surface area contributed by atoms with Crippen LogP contribution in [-0.2, 0) is 6.54 Å². The first-order valence-electron chi connectivity index (χ1n) is 8.58. The molecule has 1 amide bonds.